The monoisotopic (exact) mass is 286 g/mol. The van der Waals surface area contributed by atoms with Gasteiger partial charge in [-0.1, -0.05) is 34.1 Å². The van der Waals surface area contributed by atoms with E-state index in [-0.39, 0.29) is 0 Å². The molecule has 3 atom stereocenters. The molecule has 0 amide bonds. The molecule has 3 unspecified atom stereocenters. The Balaban J connectivity index is 1.80. The zero-order valence-corrected chi connectivity index (χ0v) is 13.5. The van der Waals surface area contributed by atoms with Crippen molar-refractivity contribution in [2.75, 3.05) is 5.32 Å². The molecule has 3 nitrogen and oxygen atoms in total. The maximum absolute atomic E-state index is 5.77. The predicted octanol–water partition coefficient (Wildman–Crippen LogP) is 5.19. The molecular formula is C18H26N2O. The van der Waals surface area contributed by atoms with Gasteiger partial charge in [-0.2, -0.15) is 0 Å². The Bertz CT molecular complexity index is 617. The smallest absolute Gasteiger partial charge is 0.198 e. The number of aromatic nitrogens is 1. The summed E-state index contributed by atoms with van der Waals surface area (Å²) in [7, 11) is 0. The van der Waals surface area contributed by atoms with E-state index in [1.54, 1.807) is 0 Å². The first-order valence-electron chi connectivity index (χ1n) is 8.20. The maximum atomic E-state index is 5.77. The Labute approximate surface area is 127 Å². The summed E-state index contributed by atoms with van der Waals surface area (Å²) in [6, 6.07) is 6.84. The van der Waals surface area contributed by atoms with E-state index in [2.05, 4.69) is 50.1 Å². The molecule has 1 saturated carbocycles. The van der Waals surface area contributed by atoms with E-state index in [1.165, 1.54) is 19.3 Å². The standard InChI is InChI=1S/C18H26N2O/c1-11(2)18-20-16-10-14(7-8-17(16)21-18)19-15-9-12(3)5-6-13(15)4/h7-8,10-13,15,19H,5-6,9H2,1-4H3. The van der Waals surface area contributed by atoms with Gasteiger partial charge in [0.1, 0.15) is 5.52 Å². The fourth-order valence-electron chi connectivity index (χ4n) is 3.23. The van der Waals surface area contributed by atoms with Gasteiger partial charge in [-0.25, -0.2) is 4.98 Å². The molecule has 1 aliphatic carbocycles. The minimum Gasteiger partial charge on any atom is -0.440 e. The quantitative estimate of drug-likeness (QED) is 0.844. The lowest BCUT2D eigenvalue weighted by atomic mass is 9.80. The van der Waals surface area contributed by atoms with Crippen LogP contribution in [0.15, 0.2) is 22.6 Å². The molecule has 1 aromatic carbocycles. The lowest BCUT2D eigenvalue weighted by Gasteiger charge is -2.34. The van der Waals surface area contributed by atoms with Crippen LogP contribution in [0.2, 0.25) is 0 Å². The summed E-state index contributed by atoms with van der Waals surface area (Å²) in [5.41, 5.74) is 3.01. The largest absolute Gasteiger partial charge is 0.440 e. The topological polar surface area (TPSA) is 38.1 Å². The van der Waals surface area contributed by atoms with Gasteiger partial charge < -0.3 is 9.73 Å². The number of anilines is 1. The van der Waals surface area contributed by atoms with Gasteiger partial charge in [0, 0.05) is 17.6 Å². The molecule has 3 heteroatoms. The molecule has 21 heavy (non-hydrogen) atoms. The van der Waals surface area contributed by atoms with Crippen LogP contribution in [0.5, 0.6) is 0 Å². The van der Waals surface area contributed by atoms with Crippen LogP contribution in [0.1, 0.15) is 58.8 Å². The number of hydrogen-bond acceptors (Lipinski definition) is 3. The Hall–Kier alpha value is -1.51. The molecule has 1 aliphatic rings. The van der Waals surface area contributed by atoms with Gasteiger partial charge >= 0.3 is 0 Å². The summed E-state index contributed by atoms with van der Waals surface area (Å²) in [5, 5.41) is 3.71. The summed E-state index contributed by atoms with van der Waals surface area (Å²) in [6.07, 6.45) is 3.94. The molecule has 1 fully saturated rings. The molecule has 114 valence electrons. The Morgan fingerprint density at radius 2 is 2.05 bits per heavy atom. The van der Waals surface area contributed by atoms with E-state index in [0.29, 0.717) is 12.0 Å². The molecular weight excluding hydrogens is 260 g/mol. The van der Waals surface area contributed by atoms with Crippen LogP contribution in [0.4, 0.5) is 5.69 Å². The lowest BCUT2D eigenvalue weighted by Crippen LogP contribution is -2.33. The highest BCUT2D eigenvalue weighted by molar-refractivity contribution is 5.77. The summed E-state index contributed by atoms with van der Waals surface area (Å²) in [6.45, 7) is 8.93. The van der Waals surface area contributed by atoms with Crippen molar-refractivity contribution in [1.82, 2.24) is 4.98 Å². The van der Waals surface area contributed by atoms with E-state index in [0.717, 1.165) is 34.5 Å². The third kappa shape index (κ3) is 3.07. The molecule has 2 aromatic rings. The van der Waals surface area contributed by atoms with Crippen LogP contribution in [-0.4, -0.2) is 11.0 Å². The summed E-state index contributed by atoms with van der Waals surface area (Å²) >= 11 is 0. The van der Waals surface area contributed by atoms with Crippen LogP contribution in [0.25, 0.3) is 11.1 Å². The van der Waals surface area contributed by atoms with E-state index in [9.17, 15) is 0 Å². The second kappa shape index (κ2) is 5.70. The van der Waals surface area contributed by atoms with Crippen molar-refractivity contribution in [2.45, 2.75) is 58.9 Å². The van der Waals surface area contributed by atoms with Gasteiger partial charge in [0.25, 0.3) is 0 Å². The number of oxazole rings is 1. The van der Waals surface area contributed by atoms with Crippen LogP contribution >= 0.6 is 0 Å². The predicted molar refractivity (Wildman–Crippen MR) is 87.7 cm³/mol. The number of fused-ring (bicyclic) bond motifs is 1. The Kier molecular flexibility index (Phi) is 3.92. The zero-order chi connectivity index (χ0) is 15.0. The fraction of sp³-hybridized carbons (Fsp3) is 0.611. The molecule has 0 bridgehead atoms. The van der Waals surface area contributed by atoms with E-state index < -0.39 is 0 Å². The molecule has 1 N–H and O–H groups in total. The average Bonchev–Trinajstić information content (AvgIpc) is 2.86. The number of rotatable bonds is 3. The molecule has 3 rings (SSSR count). The molecule has 0 saturated heterocycles. The lowest BCUT2D eigenvalue weighted by molar-refractivity contribution is 0.281. The molecule has 1 heterocycles. The maximum Gasteiger partial charge on any atom is 0.198 e. The zero-order valence-electron chi connectivity index (χ0n) is 13.5. The molecule has 0 spiro atoms. The van der Waals surface area contributed by atoms with Crippen molar-refractivity contribution in [3.8, 4) is 0 Å². The number of nitrogens with one attached hydrogen (secondary N) is 1. The minimum atomic E-state index is 0.327. The van der Waals surface area contributed by atoms with Crippen molar-refractivity contribution in [3.05, 3.63) is 24.1 Å². The first kappa shape index (κ1) is 14.4. The highest BCUT2D eigenvalue weighted by atomic mass is 16.3. The van der Waals surface area contributed by atoms with Crippen LogP contribution in [0, 0.1) is 11.8 Å². The van der Waals surface area contributed by atoms with Crippen molar-refractivity contribution in [3.63, 3.8) is 0 Å². The van der Waals surface area contributed by atoms with Gasteiger partial charge in [0.05, 0.1) is 0 Å². The van der Waals surface area contributed by atoms with Crippen molar-refractivity contribution in [2.24, 2.45) is 11.8 Å². The van der Waals surface area contributed by atoms with Crippen LogP contribution in [-0.2, 0) is 0 Å². The van der Waals surface area contributed by atoms with Gasteiger partial charge in [0.15, 0.2) is 11.5 Å². The highest BCUT2D eigenvalue weighted by Gasteiger charge is 2.25. The highest BCUT2D eigenvalue weighted by Crippen LogP contribution is 2.31. The molecule has 0 aliphatic heterocycles. The van der Waals surface area contributed by atoms with E-state index >= 15 is 0 Å². The van der Waals surface area contributed by atoms with Crippen LogP contribution < -0.4 is 5.32 Å². The van der Waals surface area contributed by atoms with Gasteiger partial charge in [-0.3, -0.25) is 0 Å². The average molecular weight is 286 g/mol. The number of benzene rings is 1. The first-order chi connectivity index (χ1) is 10.0. The summed E-state index contributed by atoms with van der Waals surface area (Å²) < 4.78 is 5.77. The normalized spacial score (nSPS) is 26.4. The van der Waals surface area contributed by atoms with Crippen molar-refractivity contribution < 1.29 is 4.42 Å². The molecule has 0 radical (unpaired) electrons. The Morgan fingerprint density at radius 1 is 1.24 bits per heavy atom. The third-order valence-corrected chi connectivity index (χ3v) is 4.71. The van der Waals surface area contributed by atoms with Gasteiger partial charge in [0.2, 0.25) is 0 Å². The Morgan fingerprint density at radius 3 is 2.81 bits per heavy atom. The van der Waals surface area contributed by atoms with E-state index in [4.69, 9.17) is 4.42 Å². The minimum absolute atomic E-state index is 0.327. The summed E-state index contributed by atoms with van der Waals surface area (Å²) in [5.74, 6) is 2.71. The SMILES string of the molecule is CC1CCC(C)C(Nc2ccc3oc(C(C)C)nc3c2)C1. The summed E-state index contributed by atoms with van der Waals surface area (Å²) in [4.78, 5) is 4.59. The van der Waals surface area contributed by atoms with E-state index in [1.807, 2.05) is 6.07 Å². The fourth-order valence-corrected chi connectivity index (χ4v) is 3.23. The second-order valence-corrected chi connectivity index (χ2v) is 7.04. The van der Waals surface area contributed by atoms with Crippen molar-refractivity contribution >= 4 is 16.8 Å². The number of nitrogens with zero attached hydrogens (tertiary/aromatic N) is 1. The number of hydrogen-bond donors (Lipinski definition) is 1. The van der Waals surface area contributed by atoms with Gasteiger partial charge in [-0.05, 0) is 42.9 Å². The van der Waals surface area contributed by atoms with Crippen LogP contribution in [0.3, 0.4) is 0 Å². The molecule has 1 aromatic heterocycles. The van der Waals surface area contributed by atoms with Crippen molar-refractivity contribution in [1.29, 1.82) is 0 Å². The first-order valence-corrected chi connectivity index (χ1v) is 8.20. The van der Waals surface area contributed by atoms with Gasteiger partial charge in [-0.15, -0.1) is 0 Å². The second-order valence-electron chi connectivity index (χ2n) is 7.04. The third-order valence-electron chi connectivity index (χ3n) is 4.71.